The lowest BCUT2D eigenvalue weighted by molar-refractivity contribution is 0.628. The Kier molecular flexibility index (Phi) is 2.31. The second-order valence-electron chi connectivity index (χ2n) is 3.40. The maximum Gasteiger partial charge on any atom is -0.0256 e. The van der Waals surface area contributed by atoms with Crippen molar-refractivity contribution in [3.63, 3.8) is 0 Å². The van der Waals surface area contributed by atoms with E-state index in [0.29, 0.717) is 0 Å². The predicted molar refractivity (Wildman–Crippen MR) is 45.9 cm³/mol. The molecular formula is C10H16. The Labute approximate surface area is 63.6 Å². The summed E-state index contributed by atoms with van der Waals surface area (Å²) in [6.07, 6.45) is 7.20. The van der Waals surface area contributed by atoms with Crippen LogP contribution in [0.25, 0.3) is 0 Å². The Morgan fingerprint density at radius 3 is 2.60 bits per heavy atom. The Morgan fingerprint density at radius 2 is 2.20 bits per heavy atom. The summed E-state index contributed by atoms with van der Waals surface area (Å²) in [5, 5.41) is 0. The molecule has 0 amide bonds. The molecule has 0 saturated carbocycles. The van der Waals surface area contributed by atoms with Gasteiger partial charge < -0.3 is 0 Å². The van der Waals surface area contributed by atoms with Crippen LogP contribution in [0.3, 0.4) is 0 Å². The first kappa shape index (κ1) is 7.59. The fourth-order valence-corrected chi connectivity index (χ4v) is 1.26. The molecule has 1 aliphatic rings. The van der Waals surface area contributed by atoms with Crippen LogP contribution in [-0.4, -0.2) is 0 Å². The van der Waals surface area contributed by atoms with E-state index in [9.17, 15) is 0 Å². The Bertz CT molecular complexity index is 168. The van der Waals surface area contributed by atoms with Gasteiger partial charge in [0, 0.05) is 0 Å². The van der Waals surface area contributed by atoms with Gasteiger partial charge in [0.05, 0.1) is 0 Å². The summed E-state index contributed by atoms with van der Waals surface area (Å²) in [7, 11) is 0. The van der Waals surface area contributed by atoms with Crippen LogP contribution < -0.4 is 0 Å². The van der Waals surface area contributed by atoms with Crippen molar-refractivity contribution in [1.29, 1.82) is 0 Å². The van der Waals surface area contributed by atoms with Crippen LogP contribution in [0.1, 0.15) is 33.6 Å². The van der Waals surface area contributed by atoms with Gasteiger partial charge in [0.1, 0.15) is 0 Å². The molecule has 0 N–H and O–H groups in total. The second kappa shape index (κ2) is 3.05. The first-order valence-corrected chi connectivity index (χ1v) is 4.04. The highest BCUT2D eigenvalue weighted by molar-refractivity contribution is 5.26. The number of hydrogen-bond acceptors (Lipinski definition) is 0. The summed E-state index contributed by atoms with van der Waals surface area (Å²) < 4.78 is 0. The summed E-state index contributed by atoms with van der Waals surface area (Å²) in [6, 6.07) is 0. The van der Waals surface area contributed by atoms with E-state index in [2.05, 4.69) is 32.9 Å². The molecule has 0 heterocycles. The van der Waals surface area contributed by atoms with E-state index in [1.54, 1.807) is 0 Å². The second-order valence-corrected chi connectivity index (χ2v) is 3.40. The van der Waals surface area contributed by atoms with Gasteiger partial charge in [-0.25, -0.2) is 0 Å². The molecule has 0 radical (unpaired) electrons. The van der Waals surface area contributed by atoms with Crippen LogP contribution in [0.2, 0.25) is 0 Å². The van der Waals surface area contributed by atoms with Crippen LogP contribution in [0.5, 0.6) is 0 Å². The van der Waals surface area contributed by atoms with E-state index in [1.807, 2.05) is 0 Å². The van der Waals surface area contributed by atoms with Crippen molar-refractivity contribution in [3.8, 4) is 0 Å². The maximum atomic E-state index is 2.31. The summed E-state index contributed by atoms with van der Waals surface area (Å²) in [5.41, 5.74) is 3.02. The first-order valence-electron chi connectivity index (χ1n) is 4.04. The zero-order chi connectivity index (χ0) is 7.56. The Balaban J connectivity index is 2.71. The predicted octanol–water partition coefficient (Wildman–Crippen LogP) is 3.31. The van der Waals surface area contributed by atoms with E-state index in [1.165, 1.54) is 24.0 Å². The molecular weight excluding hydrogens is 120 g/mol. The molecule has 0 aromatic carbocycles. The molecule has 0 aromatic heterocycles. The standard InChI is InChI=1S/C10H16/c1-8(2)10-6-4-9(3)5-7-10/h4,6,9H,5,7H2,1-3H3. The summed E-state index contributed by atoms with van der Waals surface area (Å²) >= 11 is 0. The van der Waals surface area contributed by atoms with Crippen molar-refractivity contribution in [1.82, 2.24) is 0 Å². The summed E-state index contributed by atoms with van der Waals surface area (Å²) in [6.45, 7) is 6.66. The minimum atomic E-state index is 0.795. The Morgan fingerprint density at radius 1 is 1.50 bits per heavy atom. The van der Waals surface area contributed by atoms with Crippen LogP contribution in [0.15, 0.2) is 23.3 Å². The highest BCUT2D eigenvalue weighted by Gasteiger charge is 2.05. The lowest BCUT2D eigenvalue weighted by Crippen LogP contribution is -1.97. The van der Waals surface area contributed by atoms with Crippen molar-refractivity contribution in [3.05, 3.63) is 23.3 Å². The topological polar surface area (TPSA) is 0 Å². The van der Waals surface area contributed by atoms with Gasteiger partial charge in [-0.1, -0.05) is 24.6 Å². The monoisotopic (exact) mass is 136 g/mol. The smallest absolute Gasteiger partial charge is 0.0256 e. The third-order valence-corrected chi connectivity index (χ3v) is 2.14. The van der Waals surface area contributed by atoms with E-state index in [4.69, 9.17) is 0 Å². The lowest BCUT2D eigenvalue weighted by Gasteiger charge is -2.14. The quantitative estimate of drug-likeness (QED) is 0.479. The molecule has 0 heteroatoms. The van der Waals surface area contributed by atoms with Crippen LogP contribution >= 0.6 is 0 Å². The van der Waals surface area contributed by atoms with Gasteiger partial charge in [-0.3, -0.25) is 0 Å². The average Bonchev–Trinajstić information content (AvgIpc) is 1.88. The molecule has 1 atom stereocenters. The highest BCUT2D eigenvalue weighted by Crippen LogP contribution is 2.22. The zero-order valence-electron chi connectivity index (χ0n) is 7.15. The lowest BCUT2D eigenvalue weighted by atomic mass is 9.92. The molecule has 0 aromatic rings. The molecule has 0 fully saturated rings. The van der Waals surface area contributed by atoms with Crippen molar-refractivity contribution in [2.75, 3.05) is 0 Å². The van der Waals surface area contributed by atoms with Gasteiger partial charge in [0.25, 0.3) is 0 Å². The normalized spacial score (nSPS) is 25.1. The zero-order valence-corrected chi connectivity index (χ0v) is 7.15. The molecule has 0 spiro atoms. The number of rotatable bonds is 0. The largest absolute Gasteiger partial charge is 0.0814 e. The van der Waals surface area contributed by atoms with E-state index >= 15 is 0 Å². The fourth-order valence-electron chi connectivity index (χ4n) is 1.26. The summed E-state index contributed by atoms with van der Waals surface area (Å²) in [5.74, 6) is 0.795. The minimum absolute atomic E-state index is 0.795. The molecule has 1 unspecified atom stereocenters. The molecule has 0 bridgehead atoms. The molecule has 0 saturated heterocycles. The third-order valence-electron chi connectivity index (χ3n) is 2.14. The van der Waals surface area contributed by atoms with E-state index < -0.39 is 0 Å². The molecule has 0 nitrogen and oxygen atoms in total. The first-order chi connectivity index (χ1) is 4.70. The van der Waals surface area contributed by atoms with E-state index in [-0.39, 0.29) is 0 Å². The van der Waals surface area contributed by atoms with Gasteiger partial charge in [-0.2, -0.15) is 0 Å². The van der Waals surface area contributed by atoms with Gasteiger partial charge in [0.2, 0.25) is 0 Å². The third kappa shape index (κ3) is 1.73. The Hall–Kier alpha value is -0.520. The van der Waals surface area contributed by atoms with Crippen molar-refractivity contribution in [2.45, 2.75) is 33.6 Å². The van der Waals surface area contributed by atoms with Crippen molar-refractivity contribution >= 4 is 0 Å². The van der Waals surface area contributed by atoms with Gasteiger partial charge in [-0.15, -0.1) is 0 Å². The number of hydrogen-bond donors (Lipinski definition) is 0. The van der Waals surface area contributed by atoms with Crippen LogP contribution in [0.4, 0.5) is 0 Å². The molecule has 1 aliphatic carbocycles. The molecule has 1 rings (SSSR count). The minimum Gasteiger partial charge on any atom is -0.0814 e. The van der Waals surface area contributed by atoms with Gasteiger partial charge >= 0.3 is 0 Å². The highest BCUT2D eigenvalue weighted by atomic mass is 14.1. The molecule has 56 valence electrons. The average molecular weight is 136 g/mol. The van der Waals surface area contributed by atoms with Crippen molar-refractivity contribution in [2.24, 2.45) is 5.92 Å². The molecule has 0 aliphatic heterocycles. The maximum absolute atomic E-state index is 2.31. The van der Waals surface area contributed by atoms with E-state index in [0.717, 1.165) is 5.92 Å². The molecule has 10 heavy (non-hydrogen) atoms. The van der Waals surface area contributed by atoms with Crippen molar-refractivity contribution < 1.29 is 0 Å². The summed E-state index contributed by atoms with van der Waals surface area (Å²) in [4.78, 5) is 0. The van der Waals surface area contributed by atoms with Crippen LogP contribution in [-0.2, 0) is 0 Å². The van der Waals surface area contributed by atoms with Gasteiger partial charge in [-0.05, 0) is 38.2 Å². The number of allylic oxidation sites excluding steroid dienone is 4. The SMILES string of the molecule is CC(C)=C1C=CC(C)CC1. The van der Waals surface area contributed by atoms with Gasteiger partial charge in [0.15, 0.2) is 0 Å². The fraction of sp³-hybridized carbons (Fsp3) is 0.600. The van der Waals surface area contributed by atoms with Crippen LogP contribution in [0, 0.1) is 5.92 Å².